The van der Waals surface area contributed by atoms with Gasteiger partial charge in [0.05, 0.1) is 6.54 Å². The smallest absolute Gasteiger partial charge is 0.239 e. The molecule has 118 valence electrons. The first-order chi connectivity index (χ1) is 10.2. The molecule has 0 radical (unpaired) electrons. The predicted molar refractivity (Wildman–Crippen MR) is 86.6 cm³/mol. The summed E-state index contributed by atoms with van der Waals surface area (Å²) in [5.41, 5.74) is 1.05. The summed E-state index contributed by atoms with van der Waals surface area (Å²) < 4.78 is 0. The van der Waals surface area contributed by atoms with E-state index in [2.05, 4.69) is 39.8 Å². The van der Waals surface area contributed by atoms with E-state index in [1.54, 1.807) is 0 Å². The molecule has 0 bridgehead atoms. The van der Waals surface area contributed by atoms with Crippen molar-refractivity contribution >= 4 is 17.5 Å². The largest absolute Gasteiger partial charge is 0.370 e. The zero-order valence-corrected chi connectivity index (χ0v) is 13.3. The molecule has 0 spiro atoms. The Morgan fingerprint density at radius 1 is 1.00 bits per heavy atom. The standard InChI is InChI=1S/C15H27N5O/c1-4-7-12-14(17-9-6-3)19-11-20-15(12)18-10-13(21)16-8-5-2/h11H,4-10H2,1-3H3,(H,16,21)(H2,17,18,19,20). The minimum atomic E-state index is -0.0130. The van der Waals surface area contributed by atoms with E-state index in [1.165, 1.54) is 6.33 Å². The second-order valence-corrected chi connectivity index (χ2v) is 4.93. The quantitative estimate of drug-likeness (QED) is 0.616. The van der Waals surface area contributed by atoms with Gasteiger partial charge in [0.25, 0.3) is 0 Å². The number of anilines is 2. The van der Waals surface area contributed by atoms with Crippen LogP contribution in [0.4, 0.5) is 11.6 Å². The molecule has 0 unspecified atom stereocenters. The monoisotopic (exact) mass is 293 g/mol. The van der Waals surface area contributed by atoms with Crippen LogP contribution in [0.15, 0.2) is 6.33 Å². The molecule has 1 amide bonds. The maximum absolute atomic E-state index is 11.7. The van der Waals surface area contributed by atoms with E-state index in [9.17, 15) is 4.79 Å². The van der Waals surface area contributed by atoms with Crippen LogP contribution in [-0.2, 0) is 11.2 Å². The predicted octanol–water partition coefficient (Wildman–Crippen LogP) is 2.19. The van der Waals surface area contributed by atoms with Crippen LogP contribution in [-0.4, -0.2) is 35.5 Å². The lowest BCUT2D eigenvalue weighted by Gasteiger charge is -2.14. The van der Waals surface area contributed by atoms with Gasteiger partial charge in [-0.3, -0.25) is 4.79 Å². The summed E-state index contributed by atoms with van der Waals surface area (Å²) in [6.07, 6.45) is 5.39. The van der Waals surface area contributed by atoms with Crippen LogP contribution < -0.4 is 16.0 Å². The molecule has 6 nitrogen and oxygen atoms in total. The molecular weight excluding hydrogens is 266 g/mol. The van der Waals surface area contributed by atoms with Crippen molar-refractivity contribution in [3.63, 3.8) is 0 Å². The van der Waals surface area contributed by atoms with E-state index >= 15 is 0 Å². The fourth-order valence-electron chi connectivity index (χ4n) is 1.94. The van der Waals surface area contributed by atoms with Crippen LogP contribution in [0.2, 0.25) is 0 Å². The van der Waals surface area contributed by atoms with Crippen molar-refractivity contribution in [2.45, 2.75) is 46.5 Å². The minimum absolute atomic E-state index is 0.0130. The highest BCUT2D eigenvalue weighted by molar-refractivity contribution is 5.80. The van der Waals surface area contributed by atoms with E-state index in [0.29, 0.717) is 6.54 Å². The topological polar surface area (TPSA) is 78.9 Å². The molecule has 1 aromatic rings. The number of carbonyl (C=O) groups excluding carboxylic acids is 1. The Labute approximate surface area is 127 Å². The van der Waals surface area contributed by atoms with E-state index in [1.807, 2.05) is 6.92 Å². The van der Waals surface area contributed by atoms with Crippen LogP contribution in [0.3, 0.4) is 0 Å². The molecule has 0 atom stereocenters. The molecule has 0 aliphatic carbocycles. The van der Waals surface area contributed by atoms with Gasteiger partial charge < -0.3 is 16.0 Å². The number of carbonyl (C=O) groups is 1. The third-order valence-corrected chi connectivity index (χ3v) is 2.98. The number of hydrogen-bond acceptors (Lipinski definition) is 5. The maximum atomic E-state index is 11.7. The zero-order chi connectivity index (χ0) is 15.5. The van der Waals surface area contributed by atoms with Crippen molar-refractivity contribution in [2.75, 3.05) is 30.3 Å². The highest BCUT2D eigenvalue weighted by Gasteiger charge is 2.11. The summed E-state index contributed by atoms with van der Waals surface area (Å²) in [6, 6.07) is 0. The summed E-state index contributed by atoms with van der Waals surface area (Å²) in [5, 5.41) is 9.28. The summed E-state index contributed by atoms with van der Waals surface area (Å²) in [7, 11) is 0. The Bertz CT molecular complexity index is 436. The molecule has 0 aliphatic rings. The van der Waals surface area contributed by atoms with Gasteiger partial charge in [0, 0.05) is 18.7 Å². The maximum Gasteiger partial charge on any atom is 0.239 e. The summed E-state index contributed by atoms with van der Waals surface area (Å²) in [6.45, 7) is 8.09. The van der Waals surface area contributed by atoms with Crippen molar-refractivity contribution in [1.29, 1.82) is 0 Å². The molecule has 1 aromatic heterocycles. The van der Waals surface area contributed by atoms with Gasteiger partial charge in [0.15, 0.2) is 0 Å². The Hall–Kier alpha value is -1.85. The van der Waals surface area contributed by atoms with Crippen LogP contribution in [0.1, 0.15) is 45.6 Å². The molecule has 1 heterocycles. The molecule has 0 aromatic carbocycles. The number of nitrogens with one attached hydrogen (secondary N) is 3. The van der Waals surface area contributed by atoms with Crippen molar-refractivity contribution < 1.29 is 4.79 Å². The molecule has 21 heavy (non-hydrogen) atoms. The van der Waals surface area contributed by atoms with Crippen LogP contribution in [0.25, 0.3) is 0 Å². The van der Waals surface area contributed by atoms with Gasteiger partial charge in [-0.25, -0.2) is 9.97 Å². The lowest BCUT2D eigenvalue weighted by Crippen LogP contribution is -2.30. The second kappa shape index (κ2) is 9.96. The van der Waals surface area contributed by atoms with Gasteiger partial charge >= 0.3 is 0 Å². The van der Waals surface area contributed by atoms with Crippen molar-refractivity contribution in [1.82, 2.24) is 15.3 Å². The molecule has 0 saturated carbocycles. The zero-order valence-electron chi connectivity index (χ0n) is 13.3. The third-order valence-electron chi connectivity index (χ3n) is 2.98. The Morgan fingerprint density at radius 3 is 2.29 bits per heavy atom. The van der Waals surface area contributed by atoms with Gasteiger partial charge in [-0.2, -0.15) is 0 Å². The van der Waals surface area contributed by atoms with Gasteiger partial charge in [-0.1, -0.05) is 27.2 Å². The number of amides is 1. The molecule has 3 N–H and O–H groups in total. The average Bonchev–Trinajstić information content (AvgIpc) is 2.50. The Kier molecular flexibility index (Phi) is 8.16. The first kappa shape index (κ1) is 17.2. The van der Waals surface area contributed by atoms with Crippen molar-refractivity contribution in [3.8, 4) is 0 Å². The molecule has 6 heteroatoms. The molecule has 1 rings (SSSR count). The average molecular weight is 293 g/mol. The summed E-state index contributed by atoms with van der Waals surface area (Å²) in [5.74, 6) is 1.60. The summed E-state index contributed by atoms with van der Waals surface area (Å²) >= 11 is 0. The lowest BCUT2D eigenvalue weighted by molar-refractivity contribution is -0.119. The molecule has 0 saturated heterocycles. The van der Waals surface area contributed by atoms with E-state index < -0.39 is 0 Å². The SMILES string of the molecule is CCCNC(=O)CNc1ncnc(NCCC)c1CCC. The van der Waals surface area contributed by atoms with Gasteiger partial charge in [-0.05, 0) is 19.3 Å². The third kappa shape index (κ3) is 5.97. The van der Waals surface area contributed by atoms with Crippen molar-refractivity contribution in [3.05, 3.63) is 11.9 Å². The molecular formula is C15H27N5O. The molecule has 0 fully saturated rings. The normalized spacial score (nSPS) is 10.2. The van der Waals surface area contributed by atoms with Crippen LogP contribution >= 0.6 is 0 Å². The highest BCUT2D eigenvalue weighted by atomic mass is 16.1. The van der Waals surface area contributed by atoms with E-state index in [4.69, 9.17) is 0 Å². The van der Waals surface area contributed by atoms with Crippen molar-refractivity contribution in [2.24, 2.45) is 0 Å². The lowest BCUT2D eigenvalue weighted by atomic mass is 10.1. The second-order valence-electron chi connectivity index (χ2n) is 4.93. The van der Waals surface area contributed by atoms with Gasteiger partial charge in [0.1, 0.15) is 18.0 Å². The number of nitrogens with zero attached hydrogens (tertiary/aromatic N) is 2. The fourth-order valence-corrected chi connectivity index (χ4v) is 1.94. The molecule has 0 aliphatic heterocycles. The number of rotatable bonds is 10. The summed E-state index contributed by atoms with van der Waals surface area (Å²) in [4.78, 5) is 20.3. The van der Waals surface area contributed by atoms with Gasteiger partial charge in [-0.15, -0.1) is 0 Å². The Morgan fingerprint density at radius 2 is 1.67 bits per heavy atom. The van der Waals surface area contributed by atoms with Gasteiger partial charge in [0.2, 0.25) is 5.91 Å². The Balaban J connectivity index is 2.73. The van der Waals surface area contributed by atoms with E-state index in [-0.39, 0.29) is 12.5 Å². The number of hydrogen-bond donors (Lipinski definition) is 3. The minimum Gasteiger partial charge on any atom is -0.370 e. The highest BCUT2D eigenvalue weighted by Crippen LogP contribution is 2.21. The first-order valence-electron chi connectivity index (χ1n) is 7.81. The first-order valence-corrected chi connectivity index (χ1v) is 7.81. The van der Waals surface area contributed by atoms with E-state index in [0.717, 1.165) is 49.4 Å². The van der Waals surface area contributed by atoms with Crippen LogP contribution in [0, 0.1) is 0 Å². The fraction of sp³-hybridized carbons (Fsp3) is 0.667. The number of aromatic nitrogens is 2. The van der Waals surface area contributed by atoms with Crippen LogP contribution in [0.5, 0.6) is 0 Å².